The van der Waals surface area contributed by atoms with Gasteiger partial charge >= 0.3 is 0 Å². The quantitative estimate of drug-likeness (QED) is 0.587. The Kier molecular flexibility index (Phi) is 4.63. The summed E-state index contributed by atoms with van der Waals surface area (Å²) in [6.45, 7) is 6.02. The number of aryl methyl sites for hydroxylation is 3. The van der Waals surface area contributed by atoms with Gasteiger partial charge in [0.05, 0.1) is 17.4 Å². The minimum atomic E-state index is -0.847. The van der Waals surface area contributed by atoms with Gasteiger partial charge in [0.15, 0.2) is 6.10 Å². The smallest absolute Gasteiger partial charge is 0.266 e. The maximum Gasteiger partial charge on any atom is 0.266 e. The summed E-state index contributed by atoms with van der Waals surface area (Å²) in [5.74, 6) is -1.15. The van der Waals surface area contributed by atoms with Gasteiger partial charge in [-0.3, -0.25) is 14.4 Å². The highest BCUT2D eigenvalue weighted by Crippen LogP contribution is 2.47. The molecule has 0 radical (unpaired) electrons. The molecule has 5 nitrogen and oxygen atoms in total. The van der Waals surface area contributed by atoms with Gasteiger partial charge in [0.2, 0.25) is 5.91 Å². The van der Waals surface area contributed by atoms with Crippen LogP contribution in [0.15, 0.2) is 72.8 Å². The molecule has 2 aliphatic rings. The van der Waals surface area contributed by atoms with Crippen molar-refractivity contribution in [3.05, 3.63) is 95.1 Å². The molecule has 2 aliphatic heterocycles. The number of fused-ring (bicyclic) bond motifs is 1. The highest BCUT2D eigenvalue weighted by molar-refractivity contribution is 6.24. The monoisotopic (exact) mass is 412 g/mol. The predicted molar refractivity (Wildman–Crippen MR) is 120 cm³/mol. The molecule has 2 fully saturated rings. The Balaban J connectivity index is 1.58. The molecule has 2 heterocycles. The lowest BCUT2D eigenvalue weighted by Crippen LogP contribution is -2.37. The van der Waals surface area contributed by atoms with Crippen LogP contribution in [-0.2, 0) is 14.4 Å². The third-order valence-electron chi connectivity index (χ3n) is 6.29. The second-order valence-corrected chi connectivity index (χ2v) is 8.35. The van der Waals surface area contributed by atoms with Gasteiger partial charge in [-0.05, 0) is 61.7 Å². The van der Waals surface area contributed by atoms with E-state index in [2.05, 4.69) is 0 Å². The number of hydrogen-bond donors (Lipinski definition) is 0. The third-order valence-corrected chi connectivity index (χ3v) is 6.29. The van der Waals surface area contributed by atoms with Crippen LogP contribution in [0.2, 0.25) is 0 Å². The van der Waals surface area contributed by atoms with Crippen molar-refractivity contribution in [2.45, 2.75) is 32.9 Å². The fraction of sp³-hybridized carbons (Fsp3) is 0.231. The van der Waals surface area contributed by atoms with E-state index in [1.165, 1.54) is 4.90 Å². The lowest BCUT2D eigenvalue weighted by atomic mass is 9.90. The highest BCUT2D eigenvalue weighted by atomic mass is 16.7. The van der Waals surface area contributed by atoms with Crippen LogP contribution in [0.3, 0.4) is 0 Å². The van der Waals surface area contributed by atoms with Gasteiger partial charge in [0.1, 0.15) is 5.92 Å². The van der Waals surface area contributed by atoms with Crippen molar-refractivity contribution in [3.63, 3.8) is 0 Å². The molecule has 3 unspecified atom stereocenters. The fourth-order valence-corrected chi connectivity index (χ4v) is 4.43. The second kappa shape index (κ2) is 7.36. The molecule has 3 aromatic carbocycles. The molecule has 0 spiro atoms. The van der Waals surface area contributed by atoms with E-state index >= 15 is 0 Å². The van der Waals surface area contributed by atoms with Crippen molar-refractivity contribution in [1.82, 2.24) is 0 Å². The first-order chi connectivity index (χ1) is 15.0. The number of carbonyl (C=O) groups is 2. The SMILES string of the molecule is Cc1ccc(C2C3C(=O)N(c4ccc(C)c(C)c4)C(=O)C3ON2c2ccccc2)cc1. The van der Waals surface area contributed by atoms with E-state index < -0.39 is 12.0 Å². The van der Waals surface area contributed by atoms with Gasteiger partial charge in [-0.15, -0.1) is 0 Å². The van der Waals surface area contributed by atoms with Gasteiger partial charge in [-0.25, -0.2) is 9.96 Å². The van der Waals surface area contributed by atoms with Gasteiger partial charge in [-0.2, -0.15) is 0 Å². The molecule has 3 aromatic rings. The van der Waals surface area contributed by atoms with E-state index in [1.54, 1.807) is 5.06 Å². The number of nitrogens with zero attached hydrogens (tertiary/aromatic N) is 2. The minimum absolute atomic E-state index is 0.220. The number of benzene rings is 3. The first-order valence-electron chi connectivity index (χ1n) is 10.5. The van der Waals surface area contributed by atoms with E-state index in [1.807, 2.05) is 93.6 Å². The molecule has 3 atom stereocenters. The Morgan fingerprint density at radius 1 is 0.742 bits per heavy atom. The molecular weight excluding hydrogens is 388 g/mol. The van der Waals surface area contributed by atoms with Crippen molar-refractivity contribution >= 4 is 23.2 Å². The molecule has 0 aromatic heterocycles. The van der Waals surface area contributed by atoms with Crippen molar-refractivity contribution in [2.75, 3.05) is 9.96 Å². The number of para-hydroxylation sites is 1. The summed E-state index contributed by atoms with van der Waals surface area (Å²) in [6.07, 6.45) is -0.847. The molecule has 5 heteroatoms. The number of carbonyl (C=O) groups excluding carboxylic acids is 2. The van der Waals surface area contributed by atoms with Gasteiger partial charge in [0.25, 0.3) is 5.91 Å². The normalized spacial score (nSPS) is 22.9. The molecule has 31 heavy (non-hydrogen) atoms. The topological polar surface area (TPSA) is 49.9 Å². The molecule has 2 saturated heterocycles. The number of hydroxylamine groups is 1. The summed E-state index contributed by atoms with van der Waals surface area (Å²) in [7, 11) is 0. The Hall–Kier alpha value is -3.44. The highest BCUT2D eigenvalue weighted by Gasteiger charge is 2.60. The predicted octanol–water partition coefficient (Wildman–Crippen LogP) is 4.66. The lowest BCUT2D eigenvalue weighted by molar-refractivity contribution is -0.126. The first kappa shape index (κ1) is 19.5. The molecule has 0 N–H and O–H groups in total. The summed E-state index contributed by atoms with van der Waals surface area (Å²) >= 11 is 0. The van der Waals surface area contributed by atoms with Crippen LogP contribution in [0.5, 0.6) is 0 Å². The van der Waals surface area contributed by atoms with Crippen molar-refractivity contribution < 1.29 is 14.4 Å². The number of imide groups is 1. The largest absolute Gasteiger partial charge is 0.273 e. The Morgan fingerprint density at radius 3 is 2.13 bits per heavy atom. The average Bonchev–Trinajstić information content (AvgIpc) is 3.28. The van der Waals surface area contributed by atoms with Crippen molar-refractivity contribution in [2.24, 2.45) is 5.92 Å². The molecule has 5 rings (SSSR count). The van der Waals surface area contributed by atoms with Crippen LogP contribution in [-0.4, -0.2) is 17.9 Å². The molecule has 0 bridgehead atoms. The zero-order valence-electron chi connectivity index (χ0n) is 17.8. The van der Waals surface area contributed by atoms with Crippen LogP contribution in [0, 0.1) is 26.7 Å². The number of amides is 2. The summed E-state index contributed by atoms with van der Waals surface area (Å²) in [5, 5.41) is 1.73. The molecular formula is C26H24N2O3. The Bertz CT molecular complexity index is 1160. The van der Waals surface area contributed by atoms with Gasteiger partial charge < -0.3 is 0 Å². The van der Waals surface area contributed by atoms with E-state index in [0.29, 0.717) is 5.69 Å². The fourth-order valence-electron chi connectivity index (χ4n) is 4.43. The van der Waals surface area contributed by atoms with Gasteiger partial charge in [0, 0.05) is 0 Å². The Morgan fingerprint density at radius 2 is 1.45 bits per heavy atom. The summed E-state index contributed by atoms with van der Waals surface area (Å²) < 4.78 is 0. The lowest BCUT2D eigenvalue weighted by Gasteiger charge is -2.29. The molecule has 2 amide bonds. The number of rotatable bonds is 3. The maximum absolute atomic E-state index is 13.6. The first-order valence-corrected chi connectivity index (χ1v) is 10.5. The molecule has 0 saturated carbocycles. The van der Waals surface area contributed by atoms with Crippen LogP contribution in [0.4, 0.5) is 11.4 Å². The second-order valence-electron chi connectivity index (χ2n) is 8.35. The summed E-state index contributed by atoms with van der Waals surface area (Å²) in [5.41, 5.74) is 5.66. The molecule has 0 aliphatic carbocycles. The average molecular weight is 412 g/mol. The van der Waals surface area contributed by atoms with E-state index in [-0.39, 0.29) is 17.9 Å². The third kappa shape index (κ3) is 3.13. The van der Waals surface area contributed by atoms with Crippen molar-refractivity contribution in [3.8, 4) is 0 Å². The van der Waals surface area contributed by atoms with Crippen LogP contribution in [0.25, 0.3) is 0 Å². The van der Waals surface area contributed by atoms with Crippen LogP contribution < -0.4 is 9.96 Å². The van der Waals surface area contributed by atoms with Crippen LogP contribution >= 0.6 is 0 Å². The minimum Gasteiger partial charge on any atom is -0.273 e. The Labute approximate surface area is 181 Å². The van der Waals surface area contributed by atoms with E-state index in [0.717, 1.165) is 27.9 Å². The van der Waals surface area contributed by atoms with Crippen LogP contribution in [0.1, 0.15) is 28.3 Å². The zero-order chi connectivity index (χ0) is 21.7. The number of hydrogen-bond acceptors (Lipinski definition) is 4. The maximum atomic E-state index is 13.6. The molecule has 156 valence electrons. The zero-order valence-corrected chi connectivity index (χ0v) is 17.8. The summed E-state index contributed by atoms with van der Waals surface area (Å²) in [4.78, 5) is 34.5. The summed E-state index contributed by atoms with van der Waals surface area (Å²) in [6, 6.07) is 23.0. The van der Waals surface area contributed by atoms with Gasteiger partial charge in [-0.1, -0.05) is 54.1 Å². The number of anilines is 2. The van der Waals surface area contributed by atoms with E-state index in [9.17, 15) is 9.59 Å². The standard InChI is InChI=1S/C26H24N2O3/c1-16-9-12-19(13-10-16)23-22-24(31-28(23)20-7-5-4-6-8-20)26(30)27(25(22)29)21-14-11-17(2)18(3)15-21/h4-15,22-24H,1-3H3. The van der Waals surface area contributed by atoms with Crippen molar-refractivity contribution in [1.29, 1.82) is 0 Å². The van der Waals surface area contributed by atoms with E-state index in [4.69, 9.17) is 4.84 Å².